The molecule has 90 valence electrons. The number of aromatic carboxylic acids is 1. The number of carboxylic acid groups (broad SMARTS) is 1. The van der Waals surface area contributed by atoms with Crippen molar-refractivity contribution in [3.63, 3.8) is 0 Å². The quantitative estimate of drug-likeness (QED) is 0.867. The molecule has 0 unspecified atom stereocenters. The summed E-state index contributed by atoms with van der Waals surface area (Å²) in [5, 5.41) is 9.05. The zero-order valence-electron chi connectivity index (χ0n) is 9.09. The molecule has 1 aromatic rings. The van der Waals surface area contributed by atoms with Crippen LogP contribution in [0, 0.1) is 0 Å². The molecule has 2 rings (SSSR count). The van der Waals surface area contributed by atoms with Crippen molar-refractivity contribution in [2.24, 2.45) is 0 Å². The first-order chi connectivity index (χ1) is 7.99. The van der Waals surface area contributed by atoms with Crippen LogP contribution in [0.1, 0.15) is 22.3 Å². The highest BCUT2D eigenvalue weighted by Gasteiger charge is 2.20. The predicted octanol–water partition coefficient (Wildman–Crippen LogP) is 1.59. The fraction of sp³-hybridized carbons (Fsp3) is 0.250. The lowest BCUT2D eigenvalue weighted by atomic mass is 9.97. The zero-order chi connectivity index (χ0) is 12.5. The maximum atomic E-state index is 11.3. The molecule has 0 radical (unpaired) electrons. The molecular weight excluding hydrogens is 240 g/mol. The van der Waals surface area contributed by atoms with Gasteiger partial charge in [0.25, 0.3) is 0 Å². The van der Waals surface area contributed by atoms with Gasteiger partial charge in [-0.3, -0.25) is 0 Å². The van der Waals surface area contributed by atoms with E-state index in [2.05, 4.69) is 0 Å². The van der Waals surface area contributed by atoms with Crippen molar-refractivity contribution in [1.29, 1.82) is 0 Å². The number of hydrogen-bond acceptors (Lipinski definition) is 3. The van der Waals surface area contributed by atoms with Gasteiger partial charge in [0, 0.05) is 0 Å². The molecule has 0 fully saturated rings. The normalized spacial score (nSPS) is 18.5. The smallest absolute Gasteiger partial charge is 0.336 e. The second kappa shape index (κ2) is 4.33. The molecule has 4 nitrogen and oxygen atoms in total. The third-order valence-electron chi connectivity index (χ3n) is 2.77. The van der Waals surface area contributed by atoms with Crippen LogP contribution >= 0.6 is 0 Å². The molecule has 1 aliphatic rings. The summed E-state index contributed by atoms with van der Waals surface area (Å²) in [4.78, 5) is 11.0. The summed E-state index contributed by atoms with van der Waals surface area (Å²) >= 11 is 0. The summed E-state index contributed by atoms with van der Waals surface area (Å²) in [5.41, 5.74) is 1.64. The Morgan fingerprint density at radius 1 is 1.24 bits per heavy atom. The summed E-state index contributed by atoms with van der Waals surface area (Å²) in [6.07, 6.45) is 1.99. The van der Waals surface area contributed by atoms with Crippen molar-refractivity contribution in [3.8, 4) is 0 Å². The van der Waals surface area contributed by atoms with Crippen LogP contribution in [-0.2, 0) is 9.84 Å². The van der Waals surface area contributed by atoms with Crippen molar-refractivity contribution in [2.75, 3.05) is 11.5 Å². The lowest BCUT2D eigenvalue weighted by Gasteiger charge is -2.15. The molecule has 1 aromatic carbocycles. The second-order valence-corrected chi connectivity index (χ2v) is 6.17. The molecule has 0 saturated heterocycles. The standard InChI is InChI=1S/C12H12O4S/c13-12(14)11-4-2-1-3-10(11)9-5-7-17(15,16)8-6-9/h1-5H,6-8H2,(H,13,14). The number of sulfone groups is 1. The predicted molar refractivity (Wildman–Crippen MR) is 64.6 cm³/mol. The average molecular weight is 252 g/mol. The largest absolute Gasteiger partial charge is 0.478 e. The molecule has 1 aliphatic heterocycles. The van der Waals surface area contributed by atoms with Gasteiger partial charge in [-0.15, -0.1) is 0 Å². The van der Waals surface area contributed by atoms with Gasteiger partial charge in [0.1, 0.15) is 0 Å². The van der Waals surface area contributed by atoms with Crippen LogP contribution in [0.3, 0.4) is 0 Å². The summed E-state index contributed by atoms with van der Waals surface area (Å²) in [5.74, 6) is -0.904. The Bertz CT molecular complexity index is 584. The van der Waals surface area contributed by atoms with E-state index in [4.69, 9.17) is 5.11 Å². The highest BCUT2D eigenvalue weighted by molar-refractivity contribution is 7.91. The first-order valence-corrected chi connectivity index (χ1v) is 7.04. The van der Waals surface area contributed by atoms with Crippen LogP contribution in [0.4, 0.5) is 0 Å². The maximum absolute atomic E-state index is 11.3. The lowest BCUT2D eigenvalue weighted by Crippen LogP contribution is -2.16. The molecule has 0 amide bonds. The lowest BCUT2D eigenvalue weighted by molar-refractivity contribution is 0.0696. The maximum Gasteiger partial charge on any atom is 0.336 e. The van der Waals surface area contributed by atoms with Crippen molar-refractivity contribution in [1.82, 2.24) is 0 Å². The van der Waals surface area contributed by atoms with Crippen LogP contribution in [0.25, 0.3) is 5.57 Å². The molecule has 1 heterocycles. The number of rotatable bonds is 2. The Morgan fingerprint density at radius 3 is 2.53 bits per heavy atom. The van der Waals surface area contributed by atoms with Gasteiger partial charge in [0.2, 0.25) is 0 Å². The van der Waals surface area contributed by atoms with Gasteiger partial charge < -0.3 is 5.11 Å². The van der Waals surface area contributed by atoms with E-state index in [9.17, 15) is 13.2 Å². The van der Waals surface area contributed by atoms with E-state index in [1.807, 2.05) is 0 Å². The summed E-state index contributed by atoms with van der Waals surface area (Å²) in [7, 11) is -2.98. The van der Waals surface area contributed by atoms with Crippen LogP contribution < -0.4 is 0 Å². The average Bonchev–Trinajstić information content (AvgIpc) is 2.29. The molecular formula is C12H12O4S. The van der Waals surface area contributed by atoms with E-state index < -0.39 is 15.8 Å². The third kappa shape index (κ3) is 2.55. The molecule has 5 heteroatoms. The highest BCUT2D eigenvalue weighted by atomic mass is 32.2. The molecule has 0 atom stereocenters. The van der Waals surface area contributed by atoms with Gasteiger partial charge in [0.05, 0.1) is 17.1 Å². The fourth-order valence-electron chi connectivity index (χ4n) is 1.87. The Balaban J connectivity index is 2.43. The Kier molecular flexibility index (Phi) is 3.02. The van der Waals surface area contributed by atoms with Crippen LogP contribution in [-0.4, -0.2) is 31.0 Å². The second-order valence-electron chi connectivity index (χ2n) is 3.94. The van der Waals surface area contributed by atoms with E-state index in [-0.39, 0.29) is 17.1 Å². The van der Waals surface area contributed by atoms with Crippen molar-refractivity contribution < 1.29 is 18.3 Å². The Labute approximate surface area is 99.5 Å². The molecule has 1 N–H and O–H groups in total. The van der Waals surface area contributed by atoms with E-state index >= 15 is 0 Å². The van der Waals surface area contributed by atoms with Crippen molar-refractivity contribution in [2.45, 2.75) is 6.42 Å². The summed E-state index contributed by atoms with van der Waals surface area (Å²) in [6, 6.07) is 6.66. The minimum Gasteiger partial charge on any atom is -0.478 e. The monoisotopic (exact) mass is 252 g/mol. The van der Waals surface area contributed by atoms with E-state index in [1.165, 1.54) is 6.07 Å². The van der Waals surface area contributed by atoms with Crippen LogP contribution in [0.5, 0.6) is 0 Å². The molecule has 0 aliphatic carbocycles. The first kappa shape index (κ1) is 11.9. The van der Waals surface area contributed by atoms with Crippen LogP contribution in [0.15, 0.2) is 30.3 Å². The Morgan fingerprint density at radius 2 is 1.94 bits per heavy atom. The van der Waals surface area contributed by atoms with Gasteiger partial charge >= 0.3 is 5.97 Å². The van der Waals surface area contributed by atoms with E-state index in [1.54, 1.807) is 24.3 Å². The molecule has 0 saturated carbocycles. The van der Waals surface area contributed by atoms with Gasteiger partial charge in [-0.2, -0.15) is 0 Å². The molecule has 0 aromatic heterocycles. The van der Waals surface area contributed by atoms with E-state index in [0.29, 0.717) is 12.0 Å². The Hall–Kier alpha value is -1.62. The van der Waals surface area contributed by atoms with E-state index in [0.717, 1.165) is 5.57 Å². The van der Waals surface area contributed by atoms with Crippen LogP contribution in [0.2, 0.25) is 0 Å². The van der Waals surface area contributed by atoms with Gasteiger partial charge in [-0.1, -0.05) is 24.3 Å². The fourth-order valence-corrected chi connectivity index (χ4v) is 3.03. The topological polar surface area (TPSA) is 71.4 Å². The SMILES string of the molecule is O=C(O)c1ccccc1C1=CCS(=O)(=O)CC1. The van der Waals surface area contributed by atoms with Gasteiger partial charge in [0.15, 0.2) is 9.84 Å². The van der Waals surface area contributed by atoms with Gasteiger partial charge in [-0.25, -0.2) is 13.2 Å². The molecule has 0 bridgehead atoms. The highest BCUT2D eigenvalue weighted by Crippen LogP contribution is 2.26. The van der Waals surface area contributed by atoms with Crippen molar-refractivity contribution in [3.05, 3.63) is 41.5 Å². The first-order valence-electron chi connectivity index (χ1n) is 5.22. The zero-order valence-corrected chi connectivity index (χ0v) is 9.90. The molecule has 0 spiro atoms. The third-order valence-corrected chi connectivity index (χ3v) is 4.27. The number of allylic oxidation sites excluding steroid dienone is 1. The minimum atomic E-state index is -2.98. The number of carboxylic acids is 1. The minimum absolute atomic E-state index is 0.00368. The summed E-state index contributed by atoms with van der Waals surface area (Å²) < 4.78 is 22.6. The molecule has 17 heavy (non-hydrogen) atoms. The number of benzene rings is 1. The summed E-state index contributed by atoms with van der Waals surface area (Å²) in [6.45, 7) is 0. The van der Waals surface area contributed by atoms with Crippen molar-refractivity contribution >= 4 is 21.4 Å². The number of carbonyl (C=O) groups is 1. The number of hydrogen-bond donors (Lipinski definition) is 1. The van der Waals surface area contributed by atoms with Gasteiger partial charge in [-0.05, 0) is 23.6 Å².